The first-order chi connectivity index (χ1) is 13.3. The summed E-state index contributed by atoms with van der Waals surface area (Å²) in [6.07, 6.45) is 4.31. The first-order valence-corrected chi connectivity index (χ1v) is 9.61. The third kappa shape index (κ3) is 12.4. The molecule has 0 aliphatic carbocycles. The van der Waals surface area contributed by atoms with Gasteiger partial charge in [0, 0.05) is 5.41 Å². The fourth-order valence-corrected chi connectivity index (χ4v) is 2.02. The molecule has 0 saturated heterocycles. The molecule has 0 aliphatic rings. The maximum absolute atomic E-state index is 10.4. The van der Waals surface area contributed by atoms with Gasteiger partial charge in [0.1, 0.15) is 0 Å². The number of aromatic carboxylic acids is 1. The van der Waals surface area contributed by atoms with Gasteiger partial charge in [0.05, 0.1) is 31.3 Å². The third-order valence-corrected chi connectivity index (χ3v) is 4.53. The van der Waals surface area contributed by atoms with Crippen molar-refractivity contribution in [2.75, 3.05) is 19.8 Å². The molecule has 0 fully saturated rings. The number of benzene rings is 1. The summed E-state index contributed by atoms with van der Waals surface area (Å²) >= 11 is 0. The maximum atomic E-state index is 10.4. The lowest BCUT2D eigenvalue weighted by Gasteiger charge is -2.24. The van der Waals surface area contributed by atoms with Crippen LogP contribution in [0.4, 0.5) is 0 Å². The van der Waals surface area contributed by atoms with E-state index in [1.165, 1.54) is 0 Å². The molecule has 7 nitrogen and oxygen atoms in total. The Kier molecular flexibility index (Phi) is 17.3. The topological polar surface area (TPSA) is 135 Å². The molecule has 7 heteroatoms. The van der Waals surface area contributed by atoms with Crippen LogP contribution in [0.2, 0.25) is 0 Å². The average Bonchev–Trinajstić information content (AvgIpc) is 2.72. The molecule has 162 valence electrons. The molecule has 0 aliphatic heterocycles. The number of hydrogen-bond donors (Lipinski definition) is 5. The molecule has 28 heavy (non-hydrogen) atoms. The zero-order valence-corrected chi connectivity index (χ0v) is 17.2. The van der Waals surface area contributed by atoms with Crippen LogP contribution >= 0.6 is 0 Å². The summed E-state index contributed by atoms with van der Waals surface area (Å²) in [4.78, 5) is 20.6. The van der Waals surface area contributed by atoms with Crippen molar-refractivity contribution in [1.82, 2.24) is 0 Å². The second kappa shape index (κ2) is 17.2. The molecule has 0 aromatic heterocycles. The largest absolute Gasteiger partial charge is 0.481 e. The van der Waals surface area contributed by atoms with E-state index in [4.69, 9.17) is 25.5 Å². The highest BCUT2D eigenvalue weighted by atomic mass is 16.4. The number of aliphatic hydroxyl groups excluding tert-OH is 3. The van der Waals surface area contributed by atoms with Gasteiger partial charge >= 0.3 is 11.9 Å². The van der Waals surface area contributed by atoms with Crippen molar-refractivity contribution in [3.63, 3.8) is 0 Å². The third-order valence-electron chi connectivity index (χ3n) is 4.53. The van der Waals surface area contributed by atoms with Crippen LogP contribution in [0.1, 0.15) is 63.2 Å². The van der Waals surface area contributed by atoms with Crippen molar-refractivity contribution in [2.24, 2.45) is 11.3 Å². The summed E-state index contributed by atoms with van der Waals surface area (Å²) in [5.41, 5.74) is -0.336. The Labute approximate surface area is 167 Å². The van der Waals surface area contributed by atoms with Crippen molar-refractivity contribution in [3.8, 4) is 0 Å². The second-order valence-electron chi connectivity index (χ2n) is 6.58. The number of aliphatic carboxylic acids is 1. The van der Waals surface area contributed by atoms with Gasteiger partial charge in [0.2, 0.25) is 0 Å². The van der Waals surface area contributed by atoms with Crippen LogP contribution in [-0.2, 0) is 4.79 Å². The molecule has 1 aromatic rings. The first-order valence-electron chi connectivity index (χ1n) is 9.61. The van der Waals surface area contributed by atoms with Crippen molar-refractivity contribution in [2.45, 2.75) is 52.9 Å². The summed E-state index contributed by atoms with van der Waals surface area (Å²) in [7, 11) is 0. The average molecular weight is 401 g/mol. The maximum Gasteiger partial charge on any atom is 0.335 e. The Bertz CT molecular complexity index is 495. The minimum atomic E-state index is -0.879. The number of hydrogen-bond acceptors (Lipinski definition) is 5. The molecule has 1 rings (SSSR count). The second-order valence-corrected chi connectivity index (χ2v) is 6.58. The smallest absolute Gasteiger partial charge is 0.335 e. The van der Waals surface area contributed by atoms with E-state index < -0.39 is 17.4 Å². The van der Waals surface area contributed by atoms with Gasteiger partial charge in [-0.1, -0.05) is 51.8 Å². The van der Waals surface area contributed by atoms with E-state index in [1.807, 2.05) is 13.8 Å². The molecule has 1 unspecified atom stereocenters. The molecule has 1 atom stereocenters. The van der Waals surface area contributed by atoms with E-state index >= 15 is 0 Å². The lowest BCUT2D eigenvalue weighted by molar-refractivity contribution is -0.142. The van der Waals surface area contributed by atoms with Gasteiger partial charge in [-0.05, 0) is 31.4 Å². The normalized spacial score (nSPS) is 11.4. The predicted octanol–water partition coefficient (Wildman–Crippen LogP) is 3.03. The number of aliphatic hydroxyl groups is 3. The zero-order chi connectivity index (χ0) is 22.0. The van der Waals surface area contributed by atoms with Crippen LogP contribution in [0.3, 0.4) is 0 Å². The van der Waals surface area contributed by atoms with Crippen molar-refractivity contribution in [3.05, 3.63) is 35.9 Å². The number of carboxylic acids is 2. The molecule has 0 saturated carbocycles. The molecule has 0 heterocycles. The van der Waals surface area contributed by atoms with Crippen LogP contribution in [0.5, 0.6) is 0 Å². The Hall–Kier alpha value is -1.96. The van der Waals surface area contributed by atoms with Gasteiger partial charge in [-0.3, -0.25) is 4.79 Å². The Morgan fingerprint density at radius 1 is 0.929 bits per heavy atom. The van der Waals surface area contributed by atoms with Crippen LogP contribution in [0, 0.1) is 11.3 Å². The van der Waals surface area contributed by atoms with Gasteiger partial charge in [-0.15, -0.1) is 0 Å². The van der Waals surface area contributed by atoms with Gasteiger partial charge in [-0.2, -0.15) is 0 Å². The van der Waals surface area contributed by atoms with Crippen LogP contribution < -0.4 is 0 Å². The fraction of sp³-hybridized carbons (Fsp3) is 0.619. The van der Waals surface area contributed by atoms with Gasteiger partial charge in [-0.25, -0.2) is 4.79 Å². The van der Waals surface area contributed by atoms with E-state index in [2.05, 4.69) is 6.92 Å². The SMILES string of the molecule is CCC(CO)(CO)CO.CCCCC(CC)C(=O)O.O=C(O)c1ccccc1. The van der Waals surface area contributed by atoms with Gasteiger partial charge in [0.15, 0.2) is 0 Å². The molecule has 1 aromatic carbocycles. The molecular formula is C21H36O7. The summed E-state index contributed by atoms with van der Waals surface area (Å²) < 4.78 is 0. The highest BCUT2D eigenvalue weighted by Gasteiger charge is 2.24. The standard InChI is InChI=1S/C8H16O2.C7H6O2.C6H14O3/c1-3-5-6-7(4-2)8(9)10;8-7(9)6-4-2-1-3-5-6;1-2-6(3-7,4-8)5-9/h7H,3-6H2,1-2H3,(H,9,10);1-5H,(H,8,9);7-9H,2-5H2,1H3. The lowest BCUT2D eigenvalue weighted by atomic mass is 9.88. The zero-order valence-electron chi connectivity index (χ0n) is 17.2. The molecule has 0 bridgehead atoms. The number of unbranched alkanes of at least 4 members (excludes halogenated alkanes) is 1. The highest BCUT2D eigenvalue weighted by Crippen LogP contribution is 2.18. The van der Waals surface area contributed by atoms with E-state index in [0.717, 1.165) is 25.7 Å². The van der Waals surface area contributed by atoms with Crippen LogP contribution in [0.15, 0.2) is 30.3 Å². The predicted molar refractivity (Wildman–Crippen MR) is 108 cm³/mol. The minimum Gasteiger partial charge on any atom is -0.481 e. The summed E-state index contributed by atoms with van der Waals surface area (Å²) in [5.74, 6) is -1.63. The number of rotatable bonds is 10. The highest BCUT2D eigenvalue weighted by molar-refractivity contribution is 5.87. The summed E-state index contributed by atoms with van der Waals surface area (Å²) in [6.45, 7) is 5.36. The van der Waals surface area contributed by atoms with E-state index in [9.17, 15) is 9.59 Å². The molecule has 0 amide bonds. The van der Waals surface area contributed by atoms with Crippen molar-refractivity contribution < 1.29 is 35.1 Å². The molecular weight excluding hydrogens is 364 g/mol. The Morgan fingerprint density at radius 2 is 1.43 bits per heavy atom. The number of carboxylic acid groups (broad SMARTS) is 2. The van der Waals surface area contributed by atoms with E-state index in [0.29, 0.717) is 12.0 Å². The lowest BCUT2D eigenvalue weighted by Crippen LogP contribution is -2.32. The Balaban J connectivity index is 0. The summed E-state index contributed by atoms with van der Waals surface area (Å²) in [5, 5.41) is 43.0. The van der Waals surface area contributed by atoms with Gasteiger partial charge in [0.25, 0.3) is 0 Å². The monoisotopic (exact) mass is 400 g/mol. The van der Waals surface area contributed by atoms with E-state index in [1.54, 1.807) is 30.3 Å². The molecule has 5 N–H and O–H groups in total. The van der Waals surface area contributed by atoms with Crippen molar-refractivity contribution in [1.29, 1.82) is 0 Å². The van der Waals surface area contributed by atoms with Crippen LogP contribution in [0.25, 0.3) is 0 Å². The first kappa shape index (κ1) is 28.3. The van der Waals surface area contributed by atoms with Crippen LogP contribution in [-0.4, -0.2) is 57.3 Å². The quantitative estimate of drug-likeness (QED) is 0.407. The number of carbonyl (C=O) groups is 2. The molecule has 0 spiro atoms. The Morgan fingerprint density at radius 3 is 1.64 bits per heavy atom. The van der Waals surface area contributed by atoms with Gasteiger partial charge < -0.3 is 25.5 Å². The summed E-state index contributed by atoms with van der Waals surface area (Å²) in [6, 6.07) is 8.30. The van der Waals surface area contributed by atoms with E-state index in [-0.39, 0.29) is 25.7 Å². The molecule has 0 radical (unpaired) electrons. The fourth-order valence-electron chi connectivity index (χ4n) is 2.02. The van der Waals surface area contributed by atoms with Crippen molar-refractivity contribution >= 4 is 11.9 Å². The minimum absolute atomic E-state index is 0.111.